The lowest BCUT2D eigenvalue weighted by molar-refractivity contribution is 0.696. The molecule has 0 bridgehead atoms. The zero-order chi connectivity index (χ0) is 13.0. The molecule has 1 N–H and O–H groups in total. The van der Waals surface area contributed by atoms with E-state index < -0.39 is 0 Å². The van der Waals surface area contributed by atoms with Gasteiger partial charge in [0, 0.05) is 17.8 Å². The monoisotopic (exact) mass is 241 g/mol. The molecule has 0 radical (unpaired) electrons. The molecule has 94 valence electrons. The first kappa shape index (κ1) is 12.6. The number of benzene rings is 1. The van der Waals surface area contributed by atoms with Crippen LogP contribution >= 0.6 is 0 Å². The third kappa shape index (κ3) is 2.87. The quantitative estimate of drug-likeness (QED) is 0.892. The van der Waals surface area contributed by atoms with Gasteiger partial charge in [-0.25, -0.2) is 4.68 Å². The van der Waals surface area contributed by atoms with Gasteiger partial charge in [0.2, 0.25) is 0 Å². The Hall–Kier alpha value is -1.87. The van der Waals surface area contributed by atoms with E-state index in [0.29, 0.717) is 6.04 Å². The minimum Gasteiger partial charge on any atom is -0.314 e. The van der Waals surface area contributed by atoms with Crippen molar-refractivity contribution in [1.82, 2.24) is 15.1 Å². The summed E-state index contributed by atoms with van der Waals surface area (Å²) in [6.07, 6.45) is 6.09. The van der Waals surface area contributed by atoms with Gasteiger partial charge < -0.3 is 5.32 Å². The summed E-state index contributed by atoms with van der Waals surface area (Å²) in [7, 11) is 1.97. The van der Waals surface area contributed by atoms with Gasteiger partial charge in [-0.05, 0) is 33.0 Å². The molecule has 0 aliphatic heterocycles. The highest BCUT2D eigenvalue weighted by Crippen LogP contribution is 2.12. The lowest BCUT2D eigenvalue weighted by Gasteiger charge is -2.09. The van der Waals surface area contributed by atoms with Crippen LogP contribution in [0.2, 0.25) is 0 Å². The van der Waals surface area contributed by atoms with Gasteiger partial charge in [-0.15, -0.1) is 0 Å². The molecule has 0 fully saturated rings. The van der Waals surface area contributed by atoms with Crippen LogP contribution in [0.4, 0.5) is 0 Å². The molecule has 1 aromatic carbocycles. The second-order valence-corrected chi connectivity index (χ2v) is 4.45. The maximum Gasteiger partial charge on any atom is 0.0645 e. The van der Waals surface area contributed by atoms with Crippen molar-refractivity contribution in [2.24, 2.45) is 0 Å². The summed E-state index contributed by atoms with van der Waals surface area (Å²) in [5.74, 6) is 0. The summed E-state index contributed by atoms with van der Waals surface area (Å²) < 4.78 is 1.89. The van der Waals surface area contributed by atoms with Crippen LogP contribution in [0.5, 0.6) is 0 Å². The van der Waals surface area contributed by atoms with Gasteiger partial charge in [0.15, 0.2) is 0 Å². The number of likely N-dealkylation sites (N-methyl/N-ethyl adjacent to an activating group) is 1. The smallest absolute Gasteiger partial charge is 0.0645 e. The average molecular weight is 241 g/mol. The minimum atomic E-state index is 0.380. The van der Waals surface area contributed by atoms with E-state index >= 15 is 0 Å². The molecule has 0 aliphatic carbocycles. The van der Waals surface area contributed by atoms with Gasteiger partial charge in [-0.1, -0.05) is 29.8 Å². The molecule has 0 aliphatic rings. The van der Waals surface area contributed by atoms with Gasteiger partial charge in [0.1, 0.15) is 0 Å². The summed E-state index contributed by atoms with van der Waals surface area (Å²) in [4.78, 5) is 0. The topological polar surface area (TPSA) is 29.9 Å². The largest absolute Gasteiger partial charge is 0.314 e. The molecule has 1 unspecified atom stereocenters. The van der Waals surface area contributed by atoms with Crippen LogP contribution in [-0.4, -0.2) is 22.9 Å². The fourth-order valence-corrected chi connectivity index (χ4v) is 1.75. The molecule has 1 aromatic heterocycles. The standard InChI is InChI=1S/C15H19N3/c1-12(13(2)16-3)9-14-10-17-18(11-14)15-7-5-4-6-8-15/h4-11,13,16H,1-3H3/b12-9+. The van der Waals surface area contributed by atoms with Crippen LogP contribution in [0, 0.1) is 0 Å². The predicted molar refractivity (Wildman–Crippen MR) is 75.7 cm³/mol. The molecular formula is C15H19N3. The number of nitrogens with one attached hydrogen (secondary N) is 1. The summed E-state index contributed by atoms with van der Waals surface area (Å²) in [6.45, 7) is 4.27. The van der Waals surface area contributed by atoms with Crippen LogP contribution in [0.25, 0.3) is 11.8 Å². The average Bonchev–Trinajstić information content (AvgIpc) is 2.87. The highest BCUT2D eigenvalue weighted by atomic mass is 15.3. The normalized spacial score (nSPS) is 13.6. The van der Waals surface area contributed by atoms with E-state index in [4.69, 9.17) is 0 Å². The van der Waals surface area contributed by atoms with Crippen LogP contribution in [0.15, 0.2) is 48.3 Å². The van der Waals surface area contributed by atoms with Crippen LogP contribution < -0.4 is 5.32 Å². The Balaban J connectivity index is 2.21. The van der Waals surface area contributed by atoms with E-state index in [0.717, 1.165) is 11.3 Å². The molecule has 0 saturated heterocycles. The number of rotatable bonds is 4. The molecule has 0 amide bonds. The summed E-state index contributed by atoms with van der Waals surface area (Å²) in [5.41, 5.74) is 3.50. The minimum absolute atomic E-state index is 0.380. The highest BCUT2D eigenvalue weighted by Gasteiger charge is 2.02. The van der Waals surface area contributed by atoms with Gasteiger partial charge >= 0.3 is 0 Å². The van der Waals surface area contributed by atoms with Crippen molar-refractivity contribution in [2.45, 2.75) is 19.9 Å². The molecular weight excluding hydrogens is 222 g/mol. The molecule has 3 nitrogen and oxygen atoms in total. The summed E-state index contributed by atoms with van der Waals surface area (Å²) in [5, 5.41) is 7.60. The zero-order valence-electron chi connectivity index (χ0n) is 11.1. The van der Waals surface area contributed by atoms with Crippen molar-refractivity contribution in [3.63, 3.8) is 0 Å². The number of aromatic nitrogens is 2. The molecule has 3 heteroatoms. The SMILES string of the molecule is CNC(C)/C(C)=C/c1cnn(-c2ccccc2)c1. The predicted octanol–water partition coefficient (Wildman–Crippen LogP) is 2.88. The molecule has 2 rings (SSSR count). The van der Waals surface area contributed by atoms with Crippen molar-refractivity contribution in [3.05, 3.63) is 53.9 Å². The third-order valence-electron chi connectivity index (χ3n) is 3.13. The second-order valence-electron chi connectivity index (χ2n) is 4.45. The first-order valence-electron chi connectivity index (χ1n) is 6.16. The van der Waals surface area contributed by atoms with E-state index in [-0.39, 0.29) is 0 Å². The van der Waals surface area contributed by atoms with Gasteiger partial charge in [-0.3, -0.25) is 0 Å². The third-order valence-corrected chi connectivity index (χ3v) is 3.13. The molecule has 0 spiro atoms. The Morgan fingerprint density at radius 2 is 2.06 bits per heavy atom. The zero-order valence-corrected chi connectivity index (χ0v) is 11.1. The lowest BCUT2D eigenvalue weighted by atomic mass is 10.1. The highest BCUT2D eigenvalue weighted by molar-refractivity contribution is 5.52. The lowest BCUT2D eigenvalue weighted by Crippen LogP contribution is -2.21. The van der Waals surface area contributed by atoms with Crippen molar-refractivity contribution in [2.75, 3.05) is 7.05 Å². The van der Waals surface area contributed by atoms with Crippen LogP contribution in [0.3, 0.4) is 0 Å². The molecule has 0 saturated carbocycles. The molecule has 2 aromatic rings. The van der Waals surface area contributed by atoms with Crippen LogP contribution in [-0.2, 0) is 0 Å². The molecule has 1 heterocycles. The van der Waals surface area contributed by atoms with E-state index in [2.05, 4.69) is 30.3 Å². The van der Waals surface area contributed by atoms with Gasteiger partial charge in [0.25, 0.3) is 0 Å². The van der Waals surface area contributed by atoms with Gasteiger partial charge in [0.05, 0.1) is 11.9 Å². The fourth-order valence-electron chi connectivity index (χ4n) is 1.75. The van der Waals surface area contributed by atoms with E-state index in [1.807, 2.05) is 54.5 Å². The Morgan fingerprint density at radius 3 is 2.72 bits per heavy atom. The van der Waals surface area contributed by atoms with Crippen LogP contribution in [0.1, 0.15) is 19.4 Å². The molecule has 18 heavy (non-hydrogen) atoms. The summed E-state index contributed by atoms with van der Waals surface area (Å²) >= 11 is 0. The number of para-hydroxylation sites is 1. The number of hydrogen-bond acceptors (Lipinski definition) is 2. The second kappa shape index (κ2) is 5.65. The Labute approximate surface area is 108 Å². The van der Waals surface area contributed by atoms with Gasteiger partial charge in [-0.2, -0.15) is 5.10 Å². The Bertz CT molecular complexity index is 526. The summed E-state index contributed by atoms with van der Waals surface area (Å²) in [6, 6.07) is 10.5. The maximum atomic E-state index is 4.38. The number of nitrogens with zero attached hydrogens (tertiary/aromatic N) is 2. The molecule has 1 atom stereocenters. The first-order chi connectivity index (χ1) is 8.70. The van der Waals surface area contributed by atoms with E-state index in [1.165, 1.54) is 5.57 Å². The Kier molecular flexibility index (Phi) is 3.95. The van der Waals surface area contributed by atoms with E-state index in [1.54, 1.807) is 0 Å². The van der Waals surface area contributed by atoms with Crippen molar-refractivity contribution in [3.8, 4) is 5.69 Å². The van der Waals surface area contributed by atoms with E-state index in [9.17, 15) is 0 Å². The van der Waals surface area contributed by atoms with Crippen molar-refractivity contribution >= 4 is 6.08 Å². The van der Waals surface area contributed by atoms with Crippen molar-refractivity contribution in [1.29, 1.82) is 0 Å². The Morgan fingerprint density at radius 1 is 1.33 bits per heavy atom. The first-order valence-corrected chi connectivity index (χ1v) is 6.16. The fraction of sp³-hybridized carbons (Fsp3) is 0.267. The maximum absolute atomic E-state index is 4.38. The number of hydrogen-bond donors (Lipinski definition) is 1. The van der Waals surface area contributed by atoms with Crippen molar-refractivity contribution < 1.29 is 0 Å².